The van der Waals surface area contributed by atoms with Crippen LogP contribution in [-0.2, 0) is 29.2 Å². The lowest BCUT2D eigenvalue weighted by Crippen LogP contribution is -2.57. The van der Waals surface area contributed by atoms with Gasteiger partial charge in [-0.1, -0.05) is 43.2 Å². The van der Waals surface area contributed by atoms with Crippen molar-refractivity contribution in [3.05, 3.63) is 60.3 Å². The van der Waals surface area contributed by atoms with E-state index in [1.165, 1.54) is 4.90 Å². The summed E-state index contributed by atoms with van der Waals surface area (Å²) in [4.78, 5) is 71.6. The average molecular weight is 779 g/mol. The highest BCUT2D eigenvalue weighted by Crippen LogP contribution is 2.46. The Morgan fingerprint density at radius 2 is 1.84 bits per heavy atom. The third-order valence-electron chi connectivity index (χ3n) is 10.7. The summed E-state index contributed by atoms with van der Waals surface area (Å²) in [6.45, 7) is 0.433. The van der Waals surface area contributed by atoms with Gasteiger partial charge in [0, 0.05) is 30.5 Å². The van der Waals surface area contributed by atoms with Gasteiger partial charge in [0.2, 0.25) is 21.8 Å². The van der Waals surface area contributed by atoms with Crippen LogP contribution in [-0.4, -0.2) is 95.1 Å². The normalized spacial score (nSPS) is 26.3. The monoisotopic (exact) mass is 778 g/mol. The van der Waals surface area contributed by atoms with Crippen molar-refractivity contribution in [3.63, 3.8) is 0 Å². The maximum Gasteiger partial charge on any atom is 0.303 e. The Hall–Kier alpha value is -4.83. The van der Waals surface area contributed by atoms with Gasteiger partial charge in [-0.25, -0.2) is 13.4 Å². The van der Waals surface area contributed by atoms with Crippen molar-refractivity contribution in [1.82, 2.24) is 25.2 Å². The standard InChI is InChI=1S/C39H50N6O9S/c40-30-14-6-3-1-2-5-12-26-23-39(26,38(51)44-55(52,53)29-18-19-29)43-36(49)33-22-27(24-45(33)37(30)50)41-35(48)32-16-10-15-31(42-32)25-11-9-13-28(21-25)54-20-8-4-7-17-34(46)47/h5,9-13,15-16,21,26-27,29-30,33H,1-4,6-8,14,17-20,22-24,40H2,(H,41,48)(H,43,49)(H,44,51)(H,46,47)/b12-5-/t26-,27-,30+,33+,39-/m1/s1. The zero-order valence-electron chi connectivity index (χ0n) is 30.8. The highest BCUT2D eigenvalue weighted by Gasteiger charge is 2.62. The van der Waals surface area contributed by atoms with Gasteiger partial charge in [-0.15, -0.1) is 0 Å². The fourth-order valence-electron chi connectivity index (χ4n) is 7.27. The van der Waals surface area contributed by atoms with Gasteiger partial charge in [0.05, 0.1) is 23.6 Å². The molecule has 1 aromatic heterocycles. The summed E-state index contributed by atoms with van der Waals surface area (Å²) >= 11 is 0. The van der Waals surface area contributed by atoms with Crippen molar-refractivity contribution < 1.29 is 42.2 Å². The van der Waals surface area contributed by atoms with E-state index in [4.69, 9.17) is 15.6 Å². The number of unbranched alkanes of at least 4 members (excludes halogenated alkanes) is 2. The third-order valence-corrected chi connectivity index (χ3v) is 12.5. The number of aliphatic carboxylic acids is 1. The molecule has 296 valence electrons. The van der Waals surface area contributed by atoms with Crippen LogP contribution in [0.2, 0.25) is 0 Å². The van der Waals surface area contributed by atoms with Crippen LogP contribution < -0.4 is 25.8 Å². The number of aromatic nitrogens is 1. The Morgan fingerprint density at radius 3 is 2.62 bits per heavy atom. The Bertz CT molecular complexity index is 1920. The molecular formula is C39H50N6O9S. The molecule has 0 unspecified atom stereocenters. The first-order chi connectivity index (χ1) is 26.4. The van der Waals surface area contributed by atoms with Crippen LogP contribution in [0.5, 0.6) is 5.75 Å². The topological polar surface area (TPSA) is 227 Å². The number of allylic oxidation sites excluding steroid dienone is 1. The van der Waals surface area contributed by atoms with Gasteiger partial charge in [0.15, 0.2) is 0 Å². The Labute approximate surface area is 320 Å². The number of nitrogens with one attached hydrogen (secondary N) is 3. The Kier molecular flexibility index (Phi) is 12.5. The minimum atomic E-state index is -3.88. The fraction of sp³-hybridized carbons (Fsp3) is 0.538. The number of nitrogens with two attached hydrogens (primary N) is 1. The molecule has 1 aromatic carbocycles. The van der Waals surface area contributed by atoms with Crippen LogP contribution >= 0.6 is 0 Å². The molecule has 16 heteroatoms. The van der Waals surface area contributed by atoms with E-state index in [0.29, 0.717) is 56.6 Å². The second-order valence-corrected chi connectivity index (χ2v) is 17.0. The number of amides is 4. The summed E-state index contributed by atoms with van der Waals surface area (Å²) in [5, 5.41) is 13.9. The molecule has 4 amide bonds. The van der Waals surface area contributed by atoms with Gasteiger partial charge in [0.25, 0.3) is 11.8 Å². The molecule has 6 N–H and O–H groups in total. The number of hydrogen-bond donors (Lipinski definition) is 5. The predicted molar refractivity (Wildman–Crippen MR) is 202 cm³/mol. The summed E-state index contributed by atoms with van der Waals surface area (Å²) in [7, 11) is -3.88. The van der Waals surface area contributed by atoms with E-state index in [0.717, 1.165) is 31.2 Å². The van der Waals surface area contributed by atoms with E-state index in [1.807, 2.05) is 36.4 Å². The second kappa shape index (κ2) is 17.3. The molecule has 5 atom stereocenters. The van der Waals surface area contributed by atoms with E-state index in [2.05, 4.69) is 20.3 Å². The number of carboxylic acid groups (broad SMARTS) is 1. The minimum Gasteiger partial charge on any atom is -0.494 e. The molecule has 2 aliphatic heterocycles. The summed E-state index contributed by atoms with van der Waals surface area (Å²) in [6, 6.07) is 9.73. The lowest BCUT2D eigenvalue weighted by Gasteiger charge is -2.28. The quantitative estimate of drug-likeness (QED) is 0.147. The second-order valence-electron chi connectivity index (χ2n) is 15.0. The lowest BCUT2D eigenvalue weighted by atomic mass is 10.1. The number of rotatable bonds is 13. The molecule has 2 aromatic rings. The first kappa shape index (κ1) is 39.9. The predicted octanol–water partition coefficient (Wildman–Crippen LogP) is 2.80. The largest absolute Gasteiger partial charge is 0.494 e. The summed E-state index contributed by atoms with van der Waals surface area (Å²) < 4.78 is 33.5. The van der Waals surface area contributed by atoms with Crippen molar-refractivity contribution >= 4 is 39.6 Å². The van der Waals surface area contributed by atoms with Crippen LogP contribution in [0, 0.1) is 5.92 Å². The van der Waals surface area contributed by atoms with Crippen molar-refractivity contribution in [3.8, 4) is 17.0 Å². The molecule has 2 aliphatic carbocycles. The van der Waals surface area contributed by atoms with E-state index < -0.39 is 74.5 Å². The summed E-state index contributed by atoms with van der Waals surface area (Å²) in [6.07, 6.45) is 10.7. The molecule has 2 saturated carbocycles. The van der Waals surface area contributed by atoms with Crippen LogP contribution in [0.1, 0.15) is 94.0 Å². The number of fused-ring (bicyclic) bond motifs is 2. The summed E-state index contributed by atoms with van der Waals surface area (Å²) in [5.74, 6) is -2.98. The van der Waals surface area contributed by atoms with Crippen LogP contribution in [0.25, 0.3) is 11.3 Å². The molecule has 0 radical (unpaired) electrons. The number of carboxylic acids is 1. The SMILES string of the molecule is N[C@H]1CCCCC/C=C\[C@@H]2C[C@@]2(C(=O)NS(=O)(=O)C2CC2)NC(=O)[C@@H]2C[C@@H](NC(=O)c3cccc(-c4cccc(OCCCCCC(=O)O)c4)n3)CN2C1=O. The van der Waals surface area contributed by atoms with Crippen LogP contribution in [0.4, 0.5) is 0 Å². The highest BCUT2D eigenvalue weighted by atomic mass is 32.2. The van der Waals surface area contributed by atoms with Gasteiger partial charge in [0.1, 0.15) is 23.0 Å². The van der Waals surface area contributed by atoms with Crippen LogP contribution in [0.15, 0.2) is 54.6 Å². The minimum absolute atomic E-state index is 0.00430. The van der Waals surface area contributed by atoms with Gasteiger partial charge >= 0.3 is 5.97 Å². The number of ether oxygens (including phenoxy) is 1. The molecular weight excluding hydrogens is 729 g/mol. The maximum absolute atomic E-state index is 14.1. The molecule has 6 rings (SSSR count). The number of hydrogen-bond acceptors (Lipinski definition) is 10. The van der Waals surface area contributed by atoms with E-state index in [-0.39, 0.29) is 31.5 Å². The van der Waals surface area contributed by atoms with E-state index in [1.54, 1.807) is 18.2 Å². The van der Waals surface area contributed by atoms with Gasteiger partial charge < -0.3 is 31.1 Å². The van der Waals surface area contributed by atoms with E-state index in [9.17, 15) is 32.4 Å². The smallest absolute Gasteiger partial charge is 0.303 e. The number of carbonyl (C=O) groups excluding carboxylic acids is 4. The van der Waals surface area contributed by atoms with Crippen molar-refractivity contribution in [1.29, 1.82) is 0 Å². The fourth-order valence-corrected chi connectivity index (χ4v) is 8.64. The zero-order chi connectivity index (χ0) is 39.2. The molecule has 1 saturated heterocycles. The number of pyridine rings is 1. The highest BCUT2D eigenvalue weighted by molar-refractivity contribution is 7.91. The molecule has 3 fully saturated rings. The number of sulfonamides is 1. The number of nitrogens with zero attached hydrogens (tertiary/aromatic N) is 2. The number of carbonyl (C=O) groups is 5. The molecule has 3 heterocycles. The first-order valence-electron chi connectivity index (χ1n) is 19.2. The zero-order valence-corrected chi connectivity index (χ0v) is 31.6. The molecule has 4 aliphatic rings. The van der Waals surface area contributed by atoms with Crippen LogP contribution in [0.3, 0.4) is 0 Å². The lowest BCUT2D eigenvalue weighted by molar-refractivity contribution is -0.140. The van der Waals surface area contributed by atoms with Crippen molar-refractivity contribution in [2.75, 3.05) is 13.2 Å². The molecule has 0 bridgehead atoms. The molecule has 55 heavy (non-hydrogen) atoms. The third kappa shape index (κ3) is 10.1. The molecule has 15 nitrogen and oxygen atoms in total. The number of benzene rings is 1. The Balaban J connectivity index is 1.14. The molecule has 0 spiro atoms. The van der Waals surface area contributed by atoms with E-state index >= 15 is 0 Å². The Morgan fingerprint density at radius 1 is 1.04 bits per heavy atom. The first-order valence-corrected chi connectivity index (χ1v) is 20.7. The van der Waals surface area contributed by atoms with Crippen molar-refractivity contribution in [2.45, 2.75) is 112 Å². The average Bonchev–Trinajstić information content (AvgIpc) is 4.09. The maximum atomic E-state index is 14.1. The van der Waals surface area contributed by atoms with Gasteiger partial charge in [-0.3, -0.25) is 28.7 Å². The summed E-state index contributed by atoms with van der Waals surface area (Å²) in [5.41, 5.74) is 6.24. The van der Waals surface area contributed by atoms with Gasteiger partial charge in [-0.05, 0) is 88.5 Å². The van der Waals surface area contributed by atoms with Gasteiger partial charge in [-0.2, -0.15) is 0 Å². The van der Waals surface area contributed by atoms with Crippen molar-refractivity contribution in [2.24, 2.45) is 11.7 Å².